The van der Waals surface area contributed by atoms with Gasteiger partial charge in [0.2, 0.25) is 5.91 Å². The molecule has 0 saturated heterocycles. The van der Waals surface area contributed by atoms with E-state index in [2.05, 4.69) is 11.9 Å². The van der Waals surface area contributed by atoms with Crippen LogP contribution in [0.1, 0.15) is 20.3 Å². The van der Waals surface area contributed by atoms with Crippen molar-refractivity contribution >= 4 is 16.0 Å². The summed E-state index contributed by atoms with van der Waals surface area (Å²) >= 11 is 0. The van der Waals surface area contributed by atoms with Gasteiger partial charge in [0, 0.05) is 12.0 Å². The first-order valence-corrected chi connectivity index (χ1v) is 7.77. The molecule has 0 radical (unpaired) electrons. The molecule has 2 N–H and O–H groups in total. The van der Waals surface area contributed by atoms with Crippen molar-refractivity contribution < 1.29 is 22.2 Å². The summed E-state index contributed by atoms with van der Waals surface area (Å²) in [6.07, 6.45) is 0.382. The number of nitrogens with one attached hydrogen (secondary N) is 1. The summed E-state index contributed by atoms with van der Waals surface area (Å²) in [6.45, 7) is 8.38. The maximum absolute atomic E-state index is 11.5. The molecular weight excluding hydrogens is 268 g/mol. The highest BCUT2D eigenvalue weighted by Crippen LogP contribution is 2.04. The third-order valence-electron chi connectivity index (χ3n) is 2.70. The Morgan fingerprint density at radius 2 is 1.95 bits per heavy atom. The maximum atomic E-state index is 11.5. The number of hydrogen-bond acceptors (Lipinski definition) is 3. The molecule has 1 amide bonds. The van der Waals surface area contributed by atoms with Crippen molar-refractivity contribution in [2.45, 2.75) is 26.3 Å². The van der Waals surface area contributed by atoms with Crippen LogP contribution in [0.25, 0.3) is 0 Å². The average Bonchev–Trinajstić information content (AvgIpc) is 2.12. The normalized spacial score (nSPS) is 13.9. The van der Waals surface area contributed by atoms with Crippen molar-refractivity contribution in [3.05, 3.63) is 12.2 Å². The monoisotopic (exact) mass is 293 g/mol. The summed E-state index contributed by atoms with van der Waals surface area (Å²) in [6, 6.07) is -0.0371. The zero-order chi connectivity index (χ0) is 15.3. The third-order valence-corrected chi connectivity index (χ3v) is 3.50. The largest absolute Gasteiger partial charge is 0.344 e. The number of likely N-dealkylation sites (N-methyl/N-ethyl adjacent to an activating group) is 1. The second-order valence-corrected chi connectivity index (χ2v) is 7.21. The second-order valence-electron chi connectivity index (χ2n) is 5.64. The van der Waals surface area contributed by atoms with Gasteiger partial charge in [-0.25, -0.2) is 0 Å². The van der Waals surface area contributed by atoms with E-state index in [0.29, 0.717) is 29.6 Å². The summed E-state index contributed by atoms with van der Waals surface area (Å²) in [5.74, 6) is -0.410. The first kappa shape index (κ1) is 18.1. The van der Waals surface area contributed by atoms with Gasteiger partial charge in [0.05, 0.1) is 39.0 Å². The van der Waals surface area contributed by atoms with Crippen LogP contribution >= 0.6 is 0 Å². The maximum Gasteiger partial charge on any atom is 0.265 e. The van der Waals surface area contributed by atoms with E-state index in [1.165, 1.54) is 0 Å². The summed E-state index contributed by atoms with van der Waals surface area (Å²) in [4.78, 5) is 11.5. The topological polar surface area (TPSA) is 83.5 Å². The SMILES string of the molecule is C=C(C)C(=O)NC(C)C[N+](C)(C)CCCS(=O)(=O)O. The van der Waals surface area contributed by atoms with Crippen LogP contribution in [-0.4, -0.2) is 62.3 Å². The van der Waals surface area contributed by atoms with E-state index < -0.39 is 10.1 Å². The molecule has 1 unspecified atom stereocenters. The predicted molar refractivity (Wildman–Crippen MR) is 75.3 cm³/mol. The molecule has 0 aromatic carbocycles. The van der Waals surface area contributed by atoms with E-state index in [4.69, 9.17) is 4.55 Å². The van der Waals surface area contributed by atoms with Crippen LogP contribution in [0.3, 0.4) is 0 Å². The average molecular weight is 293 g/mol. The Labute approximate surface area is 115 Å². The Bertz CT molecular complexity index is 429. The van der Waals surface area contributed by atoms with Crippen LogP contribution in [0.15, 0.2) is 12.2 Å². The van der Waals surface area contributed by atoms with Gasteiger partial charge in [0.15, 0.2) is 0 Å². The molecule has 6 nitrogen and oxygen atoms in total. The molecule has 1 atom stereocenters. The van der Waals surface area contributed by atoms with Crippen molar-refractivity contribution in [3.8, 4) is 0 Å². The van der Waals surface area contributed by atoms with E-state index in [1.54, 1.807) is 6.92 Å². The number of amides is 1. The van der Waals surface area contributed by atoms with Gasteiger partial charge in [-0.3, -0.25) is 9.35 Å². The Hall–Kier alpha value is -0.920. The highest BCUT2D eigenvalue weighted by Gasteiger charge is 2.21. The molecule has 0 saturated carbocycles. The molecule has 112 valence electrons. The smallest absolute Gasteiger partial charge is 0.265 e. The zero-order valence-electron chi connectivity index (χ0n) is 12.1. The minimum absolute atomic E-state index is 0.0371. The van der Waals surface area contributed by atoms with Crippen LogP contribution in [-0.2, 0) is 14.9 Å². The summed E-state index contributed by atoms with van der Waals surface area (Å²) in [7, 11) is 0.00701. The van der Waals surface area contributed by atoms with E-state index in [9.17, 15) is 13.2 Å². The number of quaternary nitrogens is 1. The lowest BCUT2D eigenvalue weighted by atomic mass is 10.2. The number of nitrogens with zero attached hydrogens (tertiary/aromatic N) is 1. The van der Waals surface area contributed by atoms with Crippen molar-refractivity contribution in [2.24, 2.45) is 0 Å². The number of carbonyl (C=O) groups excluding carboxylic acids is 1. The van der Waals surface area contributed by atoms with Crippen LogP contribution in [0.4, 0.5) is 0 Å². The third kappa shape index (κ3) is 9.63. The molecular formula is C12H25N2O4S+. The highest BCUT2D eigenvalue weighted by atomic mass is 32.2. The molecule has 19 heavy (non-hydrogen) atoms. The molecule has 0 aromatic rings. The summed E-state index contributed by atoms with van der Waals surface area (Å²) in [5.41, 5.74) is 0.462. The Morgan fingerprint density at radius 3 is 2.37 bits per heavy atom. The van der Waals surface area contributed by atoms with E-state index >= 15 is 0 Å². The predicted octanol–water partition coefficient (Wildman–Crippen LogP) is 0.422. The van der Waals surface area contributed by atoms with Gasteiger partial charge >= 0.3 is 0 Å². The fraction of sp³-hybridized carbons (Fsp3) is 0.750. The van der Waals surface area contributed by atoms with Crippen LogP contribution in [0, 0.1) is 0 Å². The second kappa shape index (κ2) is 7.02. The lowest BCUT2D eigenvalue weighted by molar-refractivity contribution is -0.891. The van der Waals surface area contributed by atoms with Gasteiger partial charge in [0.1, 0.15) is 0 Å². The fourth-order valence-corrected chi connectivity index (χ4v) is 2.39. The zero-order valence-corrected chi connectivity index (χ0v) is 13.0. The molecule has 0 rings (SSSR count). The summed E-state index contributed by atoms with van der Waals surface area (Å²) in [5, 5.41) is 2.82. The Kier molecular flexibility index (Phi) is 6.68. The van der Waals surface area contributed by atoms with Crippen LogP contribution < -0.4 is 5.32 Å². The molecule has 0 spiro atoms. The van der Waals surface area contributed by atoms with E-state index in [0.717, 1.165) is 0 Å². The Morgan fingerprint density at radius 1 is 1.42 bits per heavy atom. The highest BCUT2D eigenvalue weighted by molar-refractivity contribution is 7.85. The van der Waals surface area contributed by atoms with Crippen molar-refractivity contribution in [2.75, 3.05) is 32.9 Å². The first-order chi connectivity index (χ1) is 8.43. The number of carbonyl (C=O) groups is 1. The molecule has 0 heterocycles. The van der Waals surface area contributed by atoms with Crippen LogP contribution in [0.2, 0.25) is 0 Å². The van der Waals surface area contributed by atoms with Gasteiger partial charge in [-0.2, -0.15) is 8.42 Å². The lowest BCUT2D eigenvalue weighted by Gasteiger charge is -2.32. The van der Waals surface area contributed by atoms with Crippen LogP contribution in [0.5, 0.6) is 0 Å². The molecule has 0 fully saturated rings. The molecule has 0 aliphatic carbocycles. The lowest BCUT2D eigenvalue weighted by Crippen LogP contribution is -2.50. The Balaban J connectivity index is 4.21. The molecule has 0 bridgehead atoms. The van der Waals surface area contributed by atoms with Crippen molar-refractivity contribution in [1.82, 2.24) is 5.32 Å². The van der Waals surface area contributed by atoms with Gasteiger partial charge in [-0.15, -0.1) is 0 Å². The van der Waals surface area contributed by atoms with Gasteiger partial charge in [-0.05, 0) is 13.8 Å². The fourth-order valence-electron chi connectivity index (χ4n) is 1.90. The standard InChI is InChI=1S/C12H24N2O4S/c1-10(2)12(15)13-11(3)9-14(4,5)7-6-8-19(16,17)18/h11H,1,6-9H2,2-5H3,(H-,13,15,16,17,18)/p+1. The van der Waals surface area contributed by atoms with E-state index in [1.807, 2.05) is 21.0 Å². The summed E-state index contributed by atoms with van der Waals surface area (Å²) < 4.78 is 30.5. The molecule has 0 aliphatic rings. The first-order valence-electron chi connectivity index (χ1n) is 6.16. The molecule has 0 aliphatic heterocycles. The quantitative estimate of drug-likeness (QED) is 0.386. The number of rotatable bonds is 8. The minimum Gasteiger partial charge on any atom is -0.344 e. The molecule has 7 heteroatoms. The van der Waals surface area contributed by atoms with Gasteiger partial charge in [-0.1, -0.05) is 6.58 Å². The van der Waals surface area contributed by atoms with Crippen molar-refractivity contribution in [3.63, 3.8) is 0 Å². The van der Waals surface area contributed by atoms with E-state index in [-0.39, 0.29) is 17.7 Å². The van der Waals surface area contributed by atoms with Gasteiger partial charge < -0.3 is 9.80 Å². The van der Waals surface area contributed by atoms with Crippen molar-refractivity contribution in [1.29, 1.82) is 0 Å². The molecule has 0 aromatic heterocycles. The number of hydrogen-bond donors (Lipinski definition) is 2. The van der Waals surface area contributed by atoms with Gasteiger partial charge in [0.25, 0.3) is 10.1 Å². The minimum atomic E-state index is -3.90.